The molecule has 0 amide bonds. The summed E-state index contributed by atoms with van der Waals surface area (Å²) in [6, 6.07) is 11.0. The van der Waals surface area contributed by atoms with Crippen LogP contribution in [0.15, 0.2) is 35.3 Å². The van der Waals surface area contributed by atoms with Gasteiger partial charge in [0.25, 0.3) is 0 Å². The van der Waals surface area contributed by atoms with Crippen molar-refractivity contribution in [2.24, 2.45) is 4.99 Å². The van der Waals surface area contributed by atoms with E-state index in [1.807, 2.05) is 13.8 Å². The van der Waals surface area contributed by atoms with Crippen LogP contribution in [0.2, 0.25) is 0 Å². The van der Waals surface area contributed by atoms with Crippen molar-refractivity contribution in [3.63, 3.8) is 0 Å². The van der Waals surface area contributed by atoms with Gasteiger partial charge in [-0.15, -0.1) is 35.3 Å². The highest BCUT2D eigenvalue weighted by atomic mass is 127. The van der Waals surface area contributed by atoms with Crippen molar-refractivity contribution >= 4 is 47.2 Å². The zero-order valence-corrected chi connectivity index (χ0v) is 22.4. The number of hydrogen-bond donors (Lipinski definition) is 2. The molecule has 0 radical (unpaired) electrons. The third-order valence-electron chi connectivity index (χ3n) is 5.45. The molecule has 1 aliphatic rings. The first-order chi connectivity index (χ1) is 15.0. The number of benzene rings is 1. The molecule has 1 saturated heterocycles. The van der Waals surface area contributed by atoms with Crippen LogP contribution in [-0.4, -0.2) is 54.6 Å². The van der Waals surface area contributed by atoms with Gasteiger partial charge in [0.15, 0.2) is 5.96 Å². The minimum absolute atomic E-state index is 0. The molecule has 1 fully saturated rings. The highest BCUT2D eigenvalue weighted by Crippen LogP contribution is 2.24. The van der Waals surface area contributed by atoms with E-state index in [1.165, 1.54) is 29.7 Å². The maximum atomic E-state index is 12.1. The standard InChI is InChI=1S/C23H33N5O2S.HI/c1-5-30-22(29)20-16(2)26-21(31-20)17(3)27-23(24-4)25-14-19-12-9-13-28(19)15-18-10-7-6-8-11-18;/h6-8,10-11,17,19H,5,9,12-15H2,1-4H3,(H2,24,25,27);1H. The van der Waals surface area contributed by atoms with Crippen molar-refractivity contribution in [2.45, 2.75) is 52.2 Å². The average molecular weight is 572 g/mol. The molecule has 0 spiro atoms. The lowest BCUT2D eigenvalue weighted by molar-refractivity contribution is 0.0531. The van der Waals surface area contributed by atoms with Crippen LogP contribution in [0.4, 0.5) is 0 Å². The summed E-state index contributed by atoms with van der Waals surface area (Å²) in [6.45, 7) is 8.97. The van der Waals surface area contributed by atoms with Crippen LogP contribution in [0.1, 0.15) is 58.7 Å². The maximum Gasteiger partial charge on any atom is 0.350 e. The van der Waals surface area contributed by atoms with Crippen molar-refractivity contribution < 1.29 is 9.53 Å². The Morgan fingerprint density at radius 1 is 1.38 bits per heavy atom. The Morgan fingerprint density at radius 2 is 2.12 bits per heavy atom. The molecule has 2 N–H and O–H groups in total. The van der Waals surface area contributed by atoms with E-state index in [-0.39, 0.29) is 36.0 Å². The number of aromatic nitrogens is 1. The molecule has 0 aliphatic carbocycles. The SMILES string of the molecule is CCOC(=O)c1sc(C(C)NC(=NC)NCC2CCCN2Cc2ccccc2)nc1C.I. The number of carbonyl (C=O) groups is 1. The zero-order valence-electron chi connectivity index (χ0n) is 19.3. The van der Waals surface area contributed by atoms with Gasteiger partial charge in [-0.05, 0) is 45.7 Å². The Morgan fingerprint density at radius 3 is 2.81 bits per heavy atom. The van der Waals surface area contributed by atoms with Crippen LogP contribution in [0.25, 0.3) is 0 Å². The summed E-state index contributed by atoms with van der Waals surface area (Å²) >= 11 is 1.37. The first kappa shape index (κ1) is 26.5. The monoisotopic (exact) mass is 571 g/mol. The molecule has 176 valence electrons. The number of guanidine groups is 1. The number of thiazole rings is 1. The molecule has 1 aromatic heterocycles. The first-order valence-electron chi connectivity index (χ1n) is 10.9. The quantitative estimate of drug-likeness (QED) is 0.215. The number of hydrogen-bond acceptors (Lipinski definition) is 6. The fourth-order valence-corrected chi connectivity index (χ4v) is 4.78. The van der Waals surface area contributed by atoms with Crippen LogP contribution in [0.3, 0.4) is 0 Å². The highest BCUT2D eigenvalue weighted by molar-refractivity contribution is 14.0. The normalized spacial score (nSPS) is 17.5. The Balaban J connectivity index is 0.00000363. The Kier molecular flexibility index (Phi) is 10.9. The van der Waals surface area contributed by atoms with Crippen LogP contribution in [-0.2, 0) is 11.3 Å². The molecular formula is C23H34IN5O2S. The molecule has 1 aromatic carbocycles. The Hall–Kier alpha value is -1.72. The van der Waals surface area contributed by atoms with Gasteiger partial charge in [0, 0.05) is 26.2 Å². The van der Waals surface area contributed by atoms with E-state index in [0.717, 1.165) is 30.6 Å². The van der Waals surface area contributed by atoms with Gasteiger partial charge >= 0.3 is 5.97 Å². The number of rotatable bonds is 8. The molecule has 7 nitrogen and oxygen atoms in total. The number of nitrogens with one attached hydrogen (secondary N) is 2. The second-order valence-corrected chi connectivity index (χ2v) is 8.79. The first-order valence-corrected chi connectivity index (χ1v) is 11.7. The number of esters is 1. The number of ether oxygens (including phenoxy) is 1. The average Bonchev–Trinajstić information content (AvgIpc) is 3.38. The van der Waals surface area contributed by atoms with E-state index in [4.69, 9.17) is 4.74 Å². The highest BCUT2D eigenvalue weighted by Gasteiger charge is 2.25. The third kappa shape index (κ3) is 7.14. The van der Waals surface area contributed by atoms with Gasteiger partial charge in [0.2, 0.25) is 0 Å². The van der Waals surface area contributed by atoms with Gasteiger partial charge in [-0.2, -0.15) is 0 Å². The van der Waals surface area contributed by atoms with E-state index >= 15 is 0 Å². The van der Waals surface area contributed by atoms with E-state index in [1.54, 1.807) is 14.0 Å². The van der Waals surface area contributed by atoms with Crippen LogP contribution in [0.5, 0.6) is 0 Å². The molecule has 2 atom stereocenters. The Bertz CT molecular complexity index is 890. The van der Waals surface area contributed by atoms with Crippen molar-refractivity contribution in [3.05, 3.63) is 51.5 Å². The van der Waals surface area contributed by atoms with Crippen molar-refractivity contribution in [1.82, 2.24) is 20.5 Å². The lowest BCUT2D eigenvalue weighted by atomic mass is 10.2. The van der Waals surface area contributed by atoms with E-state index in [2.05, 4.69) is 55.8 Å². The molecule has 2 unspecified atom stereocenters. The molecule has 32 heavy (non-hydrogen) atoms. The molecule has 2 aromatic rings. The van der Waals surface area contributed by atoms with Crippen LogP contribution >= 0.6 is 35.3 Å². The largest absolute Gasteiger partial charge is 0.462 e. The van der Waals surface area contributed by atoms with Gasteiger partial charge in [0.1, 0.15) is 9.88 Å². The van der Waals surface area contributed by atoms with Gasteiger partial charge in [-0.25, -0.2) is 9.78 Å². The minimum Gasteiger partial charge on any atom is -0.462 e. The predicted octanol–water partition coefficient (Wildman–Crippen LogP) is 4.14. The van der Waals surface area contributed by atoms with Crippen molar-refractivity contribution in [2.75, 3.05) is 26.7 Å². The smallest absolute Gasteiger partial charge is 0.350 e. The van der Waals surface area contributed by atoms with E-state index < -0.39 is 0 Å². The fraction of sp³-hybridized carbons (Fsp3) is 0.522. The third-order valence-corrected chi connectivity index (χ3v) is 6.77. The maximum absolute atomic E-state index is 12.1. The summed E-state index contributed by atoms with van der Waals surface area (Å²) in [6.07, 6.45) is 2.40. The predicted molar refractivity (Wildman–Crippen MR) is 141 cm³/mol. The van der Waals surface area contributed by atoms with Crippen LogP contribution in [0, 0.1) is 6.92 Å². The number of halogens is 1. The molecule has 0 bridgehead atoms. The number of nitrogens with zero attached hydrogens (tertiary/aromatic N) is 3. The minimum atomic E-state index is -0.307. The second-order valence-electron chi connectivity index (χ2n) is 7.76. The van der Waals surface area contributed by atoms with Gasteiger partial charge < -0.3 is 15.4 Å². The lowest BCUT2D eigenvalue weighted by Gasteiger charge is -2.26. The van der Waals surface area contributed by atoms with Crippen molar-refractivity contribution in [3.8, 4) is 0 Å². The van der Waals surface area contributed by atoms with Crippen LogP contribution < -0.4 is 10.6 Å². The van der Waals surface area contributed by atoms with Gasteiger partial charge in [0.05, 0.1) is 18.3 Å². The topological polar surface area (TPSA) is 78.8 Å². The molecule has 3 rings (SSSR count). The number of aryl methyl sites for hydroxylation is 1. The molecule has 1 aliphatic heterocycles. The fourth-order valence-electron chi connectivity index (χ4n) is 3.82. The lowest BCUT2D eigenvalue weighted by Crippen LogP contribution is -2.45. The van der Waals surface area contributed by atoms with Crippen molar-refractivity contribution in [1.29, 1.82) is 0 Å². The Labute approximate surface area is 212 Å². The van der Waals surface area contributed by atoms with Gasteiger partial charge in [-0.3, -0.25) is 9.89 Å². The van der Waals surface area contributed by atoms with E-state index in [9.17, 15) is 4.79 Å². The van der Waals surface area contributed by atoms with Gasteiger partial charge in [-0.1, -0.05) is 30.3 Å². The summed E-state index contributed by atoms with van der Waals surface area (Å²) in [4.78, 5) is 24.1. The molecule has 2 heterocycles. The number of aliphatic imine (C=N–C) groups is 1. The summed E-state index contributed by atoms with van der Waals surface area (Å²) in [5.41, 5.74) is 2.06. The second kappa shape index (κ2) is 13.1. The summed E-state index contributed by atoms with van der Waals surface area (Å²) in [5.74, 6) is 0.433. The summed E-state index contributed by atoms with van der Waals surface area (Å²) in [7, 11) is 1.77. The molecule has 0 saturated carbocycles. The zero-order chi connectivity index (χ0) is 22.2. The summed E-state index contributed by atoms with van der Waals surface area (Å²) in [5, 5.41) is 7.72. The van der Waals surface area contributed by atoms with E-state index in [0.29, 0.717) is 23.2 Å². The number of likely N-dealkylation sites (tertiary alicyclic amines) is 1. The molecule has 9 heteroatoms. The number of carbonyl (C=O) groups excluding carboxylic acids is 1. The summed E-state index contributed by atoms with van der Waals surface area (Å²) < 4.78 is 5.12. The molecular weight excluding hydrogens is 537 g/mol.